The number of rotatable bonds is 6. The molecule has 0 bridgehead atoms. The summed E-state index contributed by atoms with van der Waals surface area (Å²) in [5, 5.41) is 2.29. The zero-order chi connectivity index (χ0) is 19.5. The van der Waals surface area contributed by atoms with Gasteiger partial charge in [0.05, 0.1) is 21.2 Å². The Hall–Kier alpha value is -1.97. The van der Waals surface area contributed by atoms with Crippen molar-refractivity contribution in [2.24, 2.45) is 0 Å². The molecule has 0 radical (unpaired) electrons. The van der Waals surface area contributed by atoms with Crippen molar-refractivity contribution in [2.75, 3.05) is 17.7 Å². The van der Waals surface area contributed by atoms with Gasteiger partial charge < -0.3 is 4.74 Å². The van der Waals surface area contributed by atoms with Crippen LogP contribution in [0.1, 0.15) is 29.9 Å². The lowest BCUT2D eigenvalue weighted by molar-refractivity contribution is -0.116. The van der Waals surface area contributed by atoms with Crippen LogP contribution in [0.3, 0.4) is 0 Å². The van der Waals surface area contributed by atoms with Crippen molar-refractivity contribution in [3.63, 3.8) is 0 Å². The number of carbonyl (C=O) groups excluding carboxylic acids is 2. The Bertz CT molecular complexity index is 940. The van der Waals surface area contributed by atoms with E-state index in [4.69, 9.17) is 16.3 Å². The molecule has 2 aromatic rings. The van der Waals surface area contributed by atoms with Gasteiger partial charge in [-0.3, -0.25) is 9.69 Å². The molecule has 0 N–H and O–H groups in total. The van der Waals surface area contributed by atoms with E-state index in [1.54, 1.807) is 5.38 Å². The third kappa shape index (κ3) is 4.80. The lowest BCUT2D eigenvalue weighted by Gasteiger charge is -2.14. The average molecular weight is 417 g/mol. The number of anilines is 1. The minimum Gasteiger partial charge on any atom is -0.456 e. The number of nitrogens with zero attached hydrogens (tertiary/aromatic N) is 2. The molecule has 0 spiro atoms. The van der Waals surface area contributed by atoms with Gasteiger partial charge in [0.15, 0.2) is 15.0 Å². The Morgan fingerprint density at radius 3 is 2.62 bits per heavy atom. The molecule has 0 unspecified atom stereocenters. The van der Waals surface area contributed by atoms with Gasteiger partial charge in [-0.05, 0) is 25.1 Å². The maximum atomic E-state index is 12.2. The molecule has 0 saturated heterocycles. The van der Waals surface area contributed by atoms with Gasteiger partial charge in [0.25, 0.3) is 0 Å². The van der Waals surface area contributed by atoms with Gasteiger partial charge in [-0.15, -0.1) is 11.3 Å². The Balaban J connectivity index is 2.12. The number of hydrogen-bond acceptors (Lipinski definition) is 7. The molecule has 0 atom stereocenters. The second-order valence-corrected chi connectivity index (χ2v) is 8.63. The molecule has 1 aromatic heterocycles. The zero-order valence-electron chi connectivity index (χ0n) is 14.4. The molecule has 1 heterocycles. The molecule has 0 saturated carbocycles. The van der Waals surface area contributed by atoms with Crippen molar-refractivity contribution in [3.8, 4) is 0 Å². The summed E-state index contributed by atoms with van der Waals surface area (Å²) in [5.74, 6) is -0.885. The fourth-order valence-electron chi connectivity index (χ4n) is 2.09. The SMILES string of the molecule is CCN(C(C)=O)c1nc(COC(=O)c2cc(S(C)(=O)=O)ccc2Cl)cs1. The minimum atomic E-state index is -3.47. The summed E-state index contributed by atoms with van der Waals surface area (Å²) in [6.45, 7) is 3.64. The van der Waals surface area contributed by atoms with Crippen LogP contribution < -0.4 is 4.90 Å². The summed E-state index contributed by atoms with van der Waals surface area (Å²) in [6, 6.07) is 3.84. The van der Waals surface area contributed by atoms with E-state index in [-0.39, 0.29) is 28.0 Å². The van der Waals surface area contributed by atoms with E-state index >= 15 is 0 Å². The number of sulfone groups is 1. The van der Waals surface area contributed by atoms with Crippen LogP contribution in [0.25, 0.3) is 0 Å². The number of hydrogen-bond donors (Lipinski definition) is 0. The highest BCUT2D eigenvalue weighted by Gasteiger charge is 2.18. The molecule has 0 fully saturated rings. The van der Waals surface area contributed by atoms with Crippen LogP contribution in [0.2, 0.25) is 5.02 Å². The van der Waals surface area contributed by atoms with Crippen LogP contribution >= 0.6 is 22.9 Å². The van der Waals surface area contributed by atoms with Crippen LogP contribution in [0.4, 0.5) is 5.13 Å². The largest absolute Gasteiger partial charge is 0.456 e. The summed E-state index contributed by atoms with van der Waals surface area (Å²) in [5.41, 5.74) is 0.442. The van der Waals surface area contributed by atoms with Gasteiger partial charge in [-0.1, -0.05) is 11.6 Å². The first-order valence-electron chi connectivity index (χ1n) is 7.52. The fourth-order valence-corrected chi connectivity index (χ4v) is 3.85. The maximum Gasteiger partial charge on any atom is 0.340 e. The standard InChI is InChI=1S/C16H17ClN2O5S2/c1-4-19(10(2)20)16-18-11(9-25-16)8-24-15(21)13-7-12(26(3,22)23)5-6-14(13)17/h5-7,9H,4,8H2,1-3H3. The monoisotopic (exact) mass is 416 g/mol. The predicted molar refractivity (Wildman–Crippen MR) is 99.5 cm³/mol. The smallest absolute Gasteiger partial charge is 0.340 e. The summed E-state index contributed by atoms with van der Waals surface area (Å²) < 4.78 is 28.4. The second kappa shape index (κ2) is 8.15. The Morgan fingerprint density at radius 2 is 2.04 bits per heavy atom. The third-order valence-electron chi connectivity index (χ3n) is 3.40. The van der Waals surface area contributed by atoms with Crippen molar-refractivity contribution >= 4 is 49.8 Å². The highest BCUT2D eigenvalue weighted by atomic mass is 35.5. The number of thiazole rings is 1. The Labute approximate surface area is 160 Å². The van der Waals surface area contributed by atoms with Crippen molar-refractivity contribution in [3.05, 3.63) is 39.9 Å². The molecule has 7 nitrogen and oxygen atoms in total. The molecule has 2 rings (SSSR count). The number of aromatic nitrogens is 1. The second-order valence-electron chi connectivity index (χ2n) is 5.37. The van der Waals surface area contributed by atoms with Gasteiger partial charge in [-0.2, -0.15) is 0 Å². The highest BCUT2D eigenvalue weighted by Crippen LogP contribution is 2.23. The van der Waals surface area contributed by atoms with Crippen LogP contribution in [0, 0.1) is 0 Å². The summed E-state index contributed by atoms with van der Waals surface area (Å²) in [6.07, 6.45) is 1.04. The Morgan fingerprint density at radius 1 is 1.35 bits per heavy atom. The van der Waals surface area contributed by atoms with Crippen molar-refractivity contribution < 1.29 is 22.7 Å². The summed E-state index contributed by atoms with van der Waals surface area (Å²) in [7, 11) is -3.47. The first-order chi connectivity index (χ1) is 12.1. The molecule has 0 aliphatic rings. The number of benzene rings is 1. The maximum absolute atomic E-state index is 12.2. The molecule has 26 heavy (non-hydrogen) atoms. The summed E-state index contributed by atoms with van der Waals surface area (Å²) >= 11 is 7.23. The van der Waals surface area contributed by atoms with Gasteiger partial charge in [0, 0.05) is 25.1 Å². The van der Waals surface area contributed by atoms with E-state index in [0.717, 1.165) is 6.26 Å². The molecule has 0 aliphatic carbocycles. The number of esters is 1. The highest BCUT2D eigenvalue weighted by molar-refractivity contribution is 7.90. The van der Waals surface area contributed by atoms with Crippen LogP contribution in [0.15, 0.2) is 28.5 Å². The fraction of sp³-hybridized carbons (Fsp3) is 0.312. The molecule has 0 aliphatic heterocycles. The van der Waals surface area contributed by atoms with E-state index in [2.05, 4.69) is 4.98 Å². The third-order valence-corrected chi connectivity index (χ3v) is 5.76. The van der Waals surface area contributed by atoms with Crippen LogP contribution in [0.5, 0.6) is 0 Å². The molecule has 1 aromatic carbocycles. The summed E-state index contributed by atoms with van der Waals surface area (Å²) in [4.78, 5) is 29.5. The first kappa shape index (κ1) is 20.3. The van der Waals surface area contributed by atoms with Gasteiger partial charge in [-0.25, -0.2) is 18.2 Å². The van der Waals surface area contributed by atoms with Crippen LogP contribution in [-0.4, -0.2) is 38.1 Å². The van der Waals surface area contributed by atoms with Gasteiger partial charge in [0.2, 0.25) is 5.91 Å². The van der Waals surface area contributed by atoms with Crippen molar-refractivity contribution in [1.82, 2.24) is 4.98 Å². The van der Waals surface area contributed by atoms with Crippen molar-refractivity contribution in [1.29, 1.82) is 0 Å². The lowest BCUT2D eigenvalue weighted by atomic mass is 10.2. The van der Waals surface area contributed by atoms with Crippen LogP contribution in [-0.2, 0) is 26.0 Å². The minimum absolute atomic E-state index is 0.0233. The number of ether oxygens (including phenoxy) is 1. The van der Waals surface area contributed by atoms with Crippen molar-refractivity contribution in [2.45, 2.75) is 25.3 Å². The van der Waals surface area contributed by atoms with E-state index in [1.807, 2.05) is 6.92 Å². The van der Waals surface area contributed by atoms with Gasteiger partial charge >= 0.3 is 5.97 Å². The normalized spacial score (nSPS) is 11.2. The molecular weight excluding hydrogens is 400 g/mol. The average Bonchev–Trinajstić information content (AvgIpc) is 3.00. The van der Waals surface area contributed by atoms with E-state index in [1.165, 1.54) is 41.4 Å². The molecular formula is C16H17ClN2O5S2. The molecule has 10 heteroatoms. The first-order valence-corrected chi connectivity index (χ1v) is 10.7. The number of carbonyl (C=O) groups is 2. The lowest BCUT2D eigenvalue weighted by Crippen LogP contribution is -2.27. The molecule has 140 valence electrons. The zero-order valence-corrected chi connectivity index (χ0v) is 16.7. The van der Waals surface area contributed by atoms with Gasteiger partial charge in [0.1, 0.15) is 6.61 Å². The van der Waals surface area contributed by atoms with E-state index < -0.39 is 15.8 Å². The quantitative estimate of drug-likeness (QED) is 0.672. The Kier molecular flexibility index (Phi) is 6.38. The predicted octanol–water partition coefficient (Wildman–Crippen LogP) is 2.93. The van der Waals surface area contributed by atoms with E-state index in [0.29, 0.717) is 17.4 Å². The number of amides is 1. The topological polar surface area (TPSA) is 93.6 Å². The number of halogens is 1. The molecule has 1 amide bonds. The van der Waals surface area contributed by atoms with E-state index in [9.17, 15) is 18.0 Å².